The number of hydrogen-bond acceptors (Lipinski definition) is 3. The number of hydrogen-bond donors (Lipinski definition) is 3. The highest BCUT2D eigenvalue weighted by Crippen LogP contribution is 2.37. The second-order valence-electron chi connectivity index (χ2n) is 4.85. The average molecular weight is 199 g/mol. The standard InChI is InChI=1S/C10H21N3O/c1-7(9(11)13-14)12-8-5-4-6-10(8,2)3/h7-8,12,14H,4-6H2,1-3H3,(H2,11,13). The summed E-state index contributed by atoms with van der Waals surface area (Å²) in [4.78, 5) is 0. The highest BCUT2D eigenvalue weighted by atomic mass is 16.4. The van der Waals surface area contributed by atoms with E-state index in [9.17, 15) is 0 Å². The van der Waals surface area contributed by atoms with Gasteiger partial charge in [-0.05, 0) is 25.2 Å². The quantitative estimate of drug-likeness (QED) is 0.277. The van der Waals surface area contributed by atoms with Crippen LogP contribution in [0.3, 0.4) is 0 Å². The van der Waals surface area contributed by atoms with Gasteiger partial charge in [0.25, 0.3) is 0 Å². The number of rotatable bonds is 3. The minimum Gasteiger partial charge on any atom is -0.409 e. The SMILES string of the molecule is CC(NC1CCCC1(C)C)C(N)=NO. The van der Waals surface area contributed by atoms with E-state index in [1.54, 1.807) is 0 Å². The lowest BCUT2D eigenvalue weighted by atomic mass is 9.87. The lowest BCUT2D eigenvalue weighted by molar-refractivity contribution is 0.274. The molecule has 0 aliphatic heterocycles. The third kappa shape index (κ3) is 2.38. The second kappa shape index (κ2) is 4.17. The molecule has 82 valence electrons. The molecule has 2 atom stereocenters. The Labute approximate surface area is 85.6 Å². The molecule has 0 heterocycles. The van der Waals surface area contributed by atoms with Gasteiger partial charge in [-0.3, -0.25) is 0 Å². The van der Waals surface area contributed by atoms with E-state index in [0.717, 1.165) is 0 Å². The smallest absolute Gasteiger partial charge is 0.156 e. The summed E-state index contributed by atoms with van der Waals surface area (Å²) in [6.07, 6.45) is 3.68. The third-order valence-electron chi connectivity index (χ3n) is 3.27. The van der Waals surface area contributed by atoms with E-state index in [4.69, 9.17) is 10.9 Å². The lowest BCUT2D eigenvalue weighted by Gasteiger charge is -2.30. The van der Waals surface area contributed by atoms with Crippen molar-refractivity contribution in [3.05, 3.63) is 0 Å². The number of nitrogens with two attached hydrogens (primary N) is 1. The van der Waals surface area contributed by atoms with Crippen LogP contribution in [-0.4, -0.2) is 23.1 Å². The summed E-state index contributed by atoms with van der Waals surface area (Å²) in [7, 11) is 0. The van der Waals surface area contributed by atoms with Crippen LogP contribution >= 0.6 is 0 Å². The number of amidine groups is 1. The molecule has 0 saturated heterocycles. The van der Waals surface area contributed by atoms with Gasteiger partial charge in [-0.15, -0.1) is 0 Å². The first-order valence-electron chi connectivity index (χ1n) is 5.21. The molecule has 1 rings (SSSR count). The van der Waals surface area contributed by atoms with Crippen molar-refractivity contribution in [2.75, 3.05) is 0 Å². The second-order valence-corrected chi connectivity index (χ2v) is 4.85. The molecule has 0 aromatic rings. The zero-order valence-corrected chi connectivity index (χ0v) is 9.25. The Hall–Kier alpha value is -0.770. The first-order chi connectivity index (χ1) is 6.47. The van der Waals surface area contributed by atoms with Gasteiger partial charge in [-0.2, -0.15) is 0 Å². The minimum atomic E-state index is -0.0534. The molecule has 1 aliphatic carbocycles. The van der Waals surface area contributed by atoms with Crippen LogP contribution in [-0.2, 0) is 0 Å². The zero-order valence-electron chi connectivity index (χ0n) is 9.25. The number of nitrogens with zero attached hydrogens (tertiary/aromatic N) is 1. The maximum Gasteiger partial charge on any atom is 0.156 e. The van der Waals surface area contributed by atoms with Crippen molar-refractivity contribution in [1.82, 2.24) is 5.32 Å². The third-order valence-corrected chi connectivity index (χ3v) is 3.27. The van der Waals surface area contributed by atoms with Gasteiger partial charge in [0.1, 0.15) is 0 Å². The molecule has 14 heavy (non-hydrogen) atoms. The predicted octanol–water partition coefficient (Wildman–Crippen LogP) is 1.29. The van der Waals surface area contributed by atoms with Crippen LogP contribution in [0.5, 0.6) is 0 Å². The molecule has 2 unspecified atom stereocenters. The molecule has 4 nitrogen and oxygen atoms in total. The Morgan fingerprint density at radius 2 is 2.29 bits per heavy atom. The summed E-state index contributed by atoms with van der Waals surface area (Å²) < 4.78 is 0. The van der Waals surface area contributed by atoms with Crippen molar-refractivity contribution in [1.29, 1.82) is 0 Å². The van der Waals surface area contributed by atoms with Crippen molar-refractivity contribution in [2.45, 2.75) is 52.1 Å². The van der Waals surface area contributed by atoms with E-state index in [1.807, 2.05) is 6.92 Å². The van der Waals surface area contributed by atoms with Crippen LogP contribution in [0.4, 0.5) is 0 Å². The zero-order chi connectivity index (χ0) is 10.8. The summed E-state index contributed by atoms with van der Waals surface area (Å²) >= 11 is 0. The van der Waals surface area contributed by atoms with Gasteiger partial charge in [0, 0.05) is 6.04 Å². The molecule has 1 fully saturated rings. The van der Waals surface area contributed by atoms with Gasteiger partial charge >= 0.3 is 0 Å². The van der Waals surface area contributed by atoms with Gasteiger partial charge in [0.15, 0.2) is 5.84 Å². The largest absolute Gasteiger partial charge is 0.409 e. The summed E-state index contributed by atoms with van der Waals surface area (Å²) in [5.74, 6) is 0.257. The van der Waals surface area contributed by atoms with Crippen LogP contribution in [0.2, 0.25) is 0 Å². The lowest BCUT2D eigenvalue weighted by Crippen LogP contribution is -2.48. The monoisotopic (exact) mass is 199 g/mol. The normalized spacial score (nSPS) is 29.1. The van der Waals surface area contributed by atoms with Gasteiger partial charge < -0.3 is 16.3 Å². The molecule has 0 aromatic carbocycles. The molecule has 1 aliphatic rings. The Morgan fingerprint density at radius 1 is 1.64 bits per heavy atom. The number of oxime groups is 1. The number of nitrogens with one attached hydrogen (secondary N) is 1. The molecule has 0 radical (unpaired) electrons. The van der Waals surface area contributed by atoms with E-state index < -0.39 is 0 Å². The first kappa shape index (κ1) is 11.3. The van der Waals surface area contributed by atoms with Gasteiger partial charge in [-0.1, -0.05) is 25.4 Å². The molecule has 4 heteroatoms. The molecule has 0 aromatic heterocycles. The highest BCUT2D eigenvalue weighted by molar-refractivity contribution is 5.84. The van der Waals surface area contributed by atoms with Crippen molar-refractivity contribution in [2.24, 2.45) is 16.3 Å². The van der Waals surface area contributed by atoms with E-state index in [2.05, 4.69) is 24.3 Å². The molecule has 4 N–H and O–H groups in total. The fraction of sp³-hybridized carbons (Fsp3) is 0.900. The van der Waals surface area contributed by atoms with Gasteiger partial charge in [-0.25, -0.2) is 0 Å². The van der Waals surface area contributed by atoms with Crippen molar-refractivity contribution in [3.63, 3.8) is 0 Å². The Kier molecular flexibility index (Phi) is 3.37. The topological polar surface area (TPSA) is 70.6 Å². The van der Waals surface area contributed by atoms with E-state index in [1.165, 1.54) is 19.3 Å². The molecule has 1 saturated carbocycles. The maximum absolute atomic E-state index is 8.53. The van der Waals surface area contributed by atoms with Crippen LogP contribution in [0.25, 0.3) is 0 Å². The van der Waals surface area contributed by atoms with Crippen LogP contribution in [0.15, 0.2) is 5.16 Å². The summed E-state index contributed by atoms with van der Waals surface area (Å²) in [6, 6.07) is 0.417. The van der Waals surface area contributed by atoms with Crippen molar-refractivity contribution >= 4 is 5.84 Å². The fourth-order valence-electron chi connectivity index (χ4n) is 2.11. The summed E-state index contributed by atoms with van der Waals surface area (Å²) in [5.41, 5.74) is 5.84. The molecular formula is C10H21N3O. The average Bonchev–Trinajstić information content (AvgIpc) is 2.44. The highest BCUT2D eigenvalue weighted by Gasteiger charge is 2.35. The van der Waals surface area contributed by atoms with Crippen molar-refractivity contribution in [3.8, 4) is 0 Å². The molecule has 0 spiro atoms. The van der Waals surface area contributed by atoms with E-state index in [-0.39, 0.29) is 11.9 Å². The van der Waals surface area contributed by atoms with Crippen LogP contribution in [0, 0.1) is 5.41 Å². The Bertz CT molecular complexity index is 225. The van der Waals surface area contributed by atoms with Crippen LogP contribution < -0.4 is 11.1 Å². The minimum absolute atomic E-state index is 0.0534. The van der Waals surface area contributed by atoms with E-state index in [0.29, 0.717) is 11.5 Å². The first-order valence-corrected chi connectivity index (χ1v) is 5.21. The van der Waals surface area contributed by atoms with Crippen molar-refractivity contribution < 1.29 is 5.21 Å². The predicted molar refractivity (Wildman–Crippen MR) is 57.4 cm³/mol. The van der Waals surface area contributed by atoms with E-state index >= 15 is 0 Å². The Morgan fingerprint density at radius 3 is 2.71 bits per heavy atom. The summed E-state index contributed by atoms with van der Waals surface area (Å²) in [6.45, 7) is 6.44. The van der Waals surface area contributed by atoms with Gasteiger partial charge in [0.2, 0.25) is 0 Å². The molecule has 0 bridgehead atoms. The molecule has 0 amide bonds. The summed E-state index contributed by atoms with van der Waals surface area (Å²) in [5, 5.41) is 14.9. The van der Waals surface area contributed by atoms with Gasteiger partial charge in [0.05, 0.1) is 6.04 Å². The molecular weight excluding hydrogens is 178 g/mol. The Balaban J connectivity index is 2.52. The van der Waals surface area contributed by atoms with Crippen LogP contribution in [0.1, 0.15) is 40.0 Å². The fourth-order valence-corrected chi connectivity index (χ4v) is 2.11. The maximum atomic E-state index is 8.53.